The van der Waals surface area contributed by atoms with Crippen molar-refractivity contribution in [2.24, 2.45) is 0 Å². The summed E-state index contributed by atoms with van der Waals surface area (Å²) < 4.78 is 25.8. The van der Waals surface area contributed by atoms with Crippen LogP contribution in [0, 0.1) is 0 Å². The molecule has 2 aromatic carbocycles. The largest absolute Gasteiger partial charge is 1.00 e. The SMILES string of the molecule is COc1cccc(OC)c1-n1cc[n+](-c2c(OC)cccc2OC)c1.[I-]. The van der Waals surface area contributed by atoms with E-state index in [1.165, 1.54) is 0 Å². The van der Waals surface area contributed by atoms with E-state index in [2.05, 4.69) is 0 Å². The Kier molecular flexibility index (Phi) is 6.73. The smallest absolute Gasteiger partial charge is 0.254 e. The highest BCUT2D eigenvalue weighted by Gasteiger charge is 2.22. The van der Waals surface area contributed by atoms with Crippen molar-refractivity contribution in [1.29, 1.82) is 0 Å². The zero-order valence-corrected chi connectivity index (χ0v) is 17.3. The molecule has 0 spiro atoms. The second-order valence-corrected chi connectivity index (χ2v) is 5.25. The number of ether oxygens (including phenoxy) is 4. The van der Waals surface area contributed by atoms with E-state index in [4.69, 9.17) is 18.9 Å². The molecule has 0 aliphatic heterocycles. The first-order valence-electron chi connectivity index (χ1n) is 7.75. The van der Waals surface area contributed by atoms with Gasteiger partial charge in [0, 0.05) is 0 Å². The first-order valence-corrected chi connectivity index (χ1v) is 7.75. The topological polar surface area (TPSA) is 45.7 Å². The average Bonchev–Trinajstić information content (AvgIpc) is 3.15. The maximum absolute atomic E-state index is 5.49. The Labute approximate surface area is 169 Å². The predicted molar refractivity (Wildman–Crippen MR) is 93.5 cm³/mol. The standard InChI is InChI=1S/C19H21N2O4.HI/c1-22-14-7-5-8-15(23-2)18(14)20-11-12-21(13-20)19-16(24-3)9-6-10-17(19)25-4;/h5-13H,1-4H3;1H/q+1;/p-1. The average molecular weight is 468 g/mol. The molecule has 6 nitrogen and oxygen atoms in total. The van der Waals surface area contributed by atoms with Crippen LogP contribution < -0.4 is 47.5 Å². The number of methoxy groups -OCH3 is 4. The highest BCUT2D eigenvalue weighted by molar-refractivity contribution is 5.57. The van der Waals surface area contributed by atoms with Crippen molar-refractivity contribution in [1.82, 2.24) is 4.57 Å². The first-order chi connectivity index (χ1) is 12.2. The van der Waals surface area contributed by atoms with Gasteiger partial charge in [0.15, 0.2) is 23.0 Å². The van der Waals surface area contributed by atoms with Crippen molar-refractivity contribution in [2.45, 2.75) is 0 Å². The van der Waals surface area contributed by atoms with E-state index in [-0.39, 0.29) is 24.0 Å². The lowest BCUT2D eigenvalue weighted by Gasteiger charge is -2.10. The summed E-state index contributed by atoms with van der Waals surface area (Å²) in [4.78, 5) is 0. The third kappa shape index (κ3) is 3.57. The second kappa shape index (κ2) is 8.79. The summed E-state index contributed by atoms with van der Waals surface area (Å²) in [5.74, 6) is 2.87. The Morgan fingerprint density at radius 3 is 1.65 bits per heavy atom. The molecule has 0 amide bonds. The van der Waals surface area contributed by atoms with Crippen LogP contribution in [0.2, 0.25) is 0 Å². The summed E-state index contributed by atoms with van der Waals surface area (Å²) in [6.45, 7) is 0. The van der Waals surface area contributed by atoms with Gasteiger partial charge in [-0.05, 0) is 24.3 Å². The van der Waals surface area contributed by atoms with Crippen molar-refractivity contribution < 1.29 is 47.5 Å². The molecule has 1 aromatic heterocycles. The third-order valence-corrected chi connectivity index (χ3v) is 3.96. The Morgan fingerprint density at radius 1 is 0.731 bits per heavy atom. The fraction of sp³-hybridized carbons (Fsp3) is 0.211. The number of nitrogens with zero attached hydrogens (tertiary/aromatic N) is 2. The van der Waals surface area contributed by atoms with Gasteiger partial charge in [0.2, 0.25) is 11.4 Å². The Bertz CT molecular complexity index is 765. The summed E-state index contributed by atoms with van der Waals surface area (Å²) in [5, 5.41) is 0. The lowest BCUT2D eigenvalue weighted by atomic mass is 10.2. The van der Waals surface area contributed by atoms with Crippen LogP contribution in [0.1, 0.15) is 0 Å². The lowest BCUT2D eigenvalue weighted by Crippen LogP contribution is -3.00. The van der Waals surface area contributed by atoms with E-state index in [1.807, 2.05) is 64.3 Å². The molecule has 0 bridgehead atoms. The molecule has 3 aromatic rings. The second-order valence-electron chi connectivity index (χ2n) is 5.25. The molecular weight excluding hydrogens is 447 g/mol. The molecule has 7 heteroatoms. The molecule has 0 fully saturated rings. The van der Waals surface area contributed by atoms with Gasteiger partial charge in [0.25, 0.3) is 6.33 Å². The summed E-state index contributed by atoms with van der Waals surface area (Å²) in [6.07, 6.45) is 5.76. The van der Waals surface area contributed by atoms with Crippen LogP contribution in [-0.2, 0) is 0 Å². The predicted octanol–water partition coefficient (Wildman–Crippen LogP) is -0.208. The fourth-order valence-electron chi connectivity index (χ4n) is 2.79. The van der Waals surface area contributed by atoms with Crippen LogP contribution in [0.4, 0.5) is 0 Å². The molecule has 0 atom stereocenters. The molecule has 26 heavy (non-hydrogen) atoms. The highest BCUT2D eigenvalue weighted by Crippen LogP contribution is 2.33. The van der Waals surface area contributed by atoms with Gasteiger partial charge in [0.1, 0.15) is 12.4 Å². The van der Waals surface area contributed by atoms with E-state index in [0.717, 1.165) is 11.4 Å². The Balaban J connectivity index is 0.00000243. The number of imidazole rings is 1. The Morgan fingerprint density at radius 2 is 1.19 bits per heavy atom. The first kappa shape index (κ1) is 19.9. The molecule has 0 aliphatic carbocycles. The zero-order chi connectivity index (χ0) is 17.8. The minimum atomic E-state index is 0. The maximum Gasteiger partial charge on any atom is 0.254 e. The number of para-hydroxylation sites is 2. The summed E-state index contributed by atoms with van der Waals surface area (Å²) in [6, 6.07) is 11.4. The zero-order valence-electron chi connectivity index (χ0n) is 15.1. The van der Waals surface area contributed by atoms with Crippen LogP contribution in [0.5, 0.6) is 23.0 Å². The fourth-order valence-corrected chi connectivity index (χ4v) is 2.79. The molecular formula is C19H21IN2O4. The minimum absolute atomic E-state index is 0. The van der Waals surface area contributed by atoms with Crippen LogP contribution in [0.3, 0.4) is 0 Å². The van der Waals surface area contributed by atoms with Crippen molar-refractivity contribution >= 4 is 0 Å². The molecule has 138 valence electrons. The monoisotopic (exact) mass is 468 g/mol. The normalized spacial score (nSPS) is 10.0. The molecule has 0 saturated heterocycles. The summed E-state index contributed by atoms with van der Waals surface area (Å²) >= 11 is 0. The van der Waals surface area contributed by atoms with Gasteiger partial charge in [0.05, 0.1) is 28.4 Å². The summed E-state index contributed by atoms with van der Waals surface area (Å²) in [5.41, 5.74) is 1.64. The number of aromatic nitrogens is 2. The van der Waals surface area contributed by atoms with Gasteiger partial charge in [-0.1, -0.05) is 12.1 Å². The van der Waals surface area contributed by atoms with Crippen LogP contribution >= 0.6 is 0 Å². The molecule has 0 saturated carbocycles. The van der Waals surface area contributed by atoms with E-state index in [1.54, 1.807) is 28.4 Å². The van der Waals surface area contributed by atoms with Crippen LogP contribution in [-0.4, -0.2) is 33.0 Å². The van der Waals surface area contributed by atoms with Gasteiger partial charge in [-0.25, -0.2) is 0 Å². The molecule has 1 heterocycles. The van der Waals surface area contributed by atoms with Crippen molar-refractivity contribution in [2.75, 3.05) is 28.4 Å². The number of benzene rings is 2. The highest BCUT2D eigenvalue weighted by atomic mass is 127. The van der Waals surface area contributed by atoms with Gasteiger partial charge >= 0.3 is 0 Å². The van der Waals surface area contributed by atoms with Crippen LogP contribution in [0.25, 0.3) is 11.4 Å². The quantitative estimate of drug-likeness (QED) is 0.371. The van der Waals surface area contributed by atoms with E-state index < -0.39 is 0 Å². The summed E-state index contributed by atoms with van der Waals surface area (Å²) in [7, 11) is 6.55. The maximum atomic E-state index is 5.49. The lowest BCUT2D eigenvalue weighted by molar-refractivity contribution is -0.595. The Hall–Kier alpha value is -2.42. The number of halogens is 1. The van der Waals surface area contributed by atoms with Gasteiger partial charge < -0.3 is 42.9 Å². The van der Waals surface area contributed by atoms with Gasteiger partial charge in [-0.2, -0.15) is 9.13 Å². The van der Waals surface area contributed by atoms with Crippen molar-refractivity contribution in [3.63, 3.8) is 0 Å². The number of hydrogen-bond acceptors (Lipinski definition) is 4. The molecule has 0 aliphatic rings. The third-order valence-electron chi connectivity index (χ3n) is 3.96. The molecule has 3 rings (SSSR count). The van der Waals surface area contributed by atoms with E-state index >= 15 is 0 Å². The molecule has 0 unspecified atom stereocenters. The van der Waals surface area contributed by atoms with E-state index in [0.29, 0.717) is 23.0 Å². The minimum Gasteiger partial charge on any atom is -1.00 e. The number of rotatable bonds is 6. The number of hydrogen-bond donors (Lipinski definition) is 0. The molecule has 0 radical (unpaired) electrons. The van der Waals surface area contributed by atoms with Crippen LogP contribution in [0.15, 0.2) is 55.1 Å². The van der Waals surface area contributed by atoms with E-state index in [9.17, 15) is 0 Å². The van der Waals surface area contributed by atoms with Crippen molar-refractivity contribution in [3.05, 3.63) is 55.1 Å². The van der Waals surface area contributed by atoms with Gasteiger partial charge in [-0.3, -0.25) is 0 Å². The van der Waals surface area contributed by atoms with Crippen molar-refractivity contribution in [3.8, 4) is 34.4 Å². The molecule has 0 N–H and O–H groups in total. The van der Waals surface area contributed by atoms with Gasteiger partial charge in [-0.15, -0.1) is 0 Å².